The Morgan fingerprint density at radius 2 is 1.59 bits per heavy atom. The van der Waals surface area contributed by atoms with Crippen molar-refractivity contribution in [3.8, 4) is 17.0 Å². The molecule has 0 bridgehead atoms. The third kappa shape index (κ3) is 7.39. The number of carbonyl (C=O) groups is 2. The van der Waals surface area contributed by atoms with Crippen LogP contribution in [0.1, 0.15) is 15.9 Å². The minimum absolute atomic E-state index is 0.0419. The van der Waals surface area contributed by atoms with Crippen molar-refractivity contribution in [3.05, 3.63) is 71.8 Å². The maximum atomic E-state index is 13.5. The molecule has 2 amide bonds. The summed E-state index contributed by atoms with van der Waals surface area (Å²) in [4.78, 5) is 34.8. The highest BCUT2D eigenvalue weighted by atomic mass is 16.5. The molecule has 3 aromatic rings. The smallest absolute Gasteiger partial charge is 0.254 e. The maximum Gasteiger partial charge on any atom is 0.254 e. The minimum Gasteiger partial charge on any atom is -0.497 e. The Bertz CT molecular complexity index is 1290. The number of benzene rings is 2. The lowest BCUT2D eigenvalue weighted by Gasteiger charge is -2.36. The summed E-state index contributed by atoms with van der Waals surface area (Å²) in [6, 6.07) is 19.2. The Balaban J connectivity index is 1.18. The van der Waals surface area contributed by atoms with Crippen LogP contribution >= 0.6 is 0 Å². The number of carbonyl (C=O) groups excluding carboxylic acids is 2. The van der Waals surface area contributed by atoms with Gasteiger partial charge in [-0.1, -0.05) is 29.8 Å². The summed E-state index contributed by atoms with van der Waals surface area (Å²) in [7, 11) is 1.59. The number of aryl methyl sites for hydroxylation is 1. The average molecular weight is 559 g/mol. The van der Waals surface area contributed by atoms with Crippen LogP contribution in [0.3, 0.4) is 0 Å². The van der Waals surface area contributed by atoms with E-state index in [1.165, 1.54) is 5.56 Å². The Labute approximate surface area is 241 Å². The zero-order valence-corrected chi connectivity index (χ0v) is 23.9. The highest BCUT2D eigenvalue weighted by molar-refractivity contribution is 5.96. The molecule has 2 aliphatic heterocycles. The van der Waals surface area contributed by atoms with Gasteiger partial charge in [0.05, 0.1) is 26.0 Å². The van der Waals surface area contributed by atoms with E-state index in [1.807, 2.05) is 29.2 Å². The molecular formula is C31H38N6O4. The fourth-order valence-corrected chi connectivity index (χ4v) is 5.08. The second-order valence-corrected chi connectivity index (χ2v) is 10.4. The van der Waals surface area contributed by atoms with Gasteiger partial charge in [-0.15, -0.1) is 10.2 Å². The van der Waals surface area contributed by atoms with E-state index in [0.717, 1.165) is 30.2 Å². The van der Waals surface area contributed by atoms with Crippen LogP contribution in [0.25, 0.3) is 11.3 Å². The van der Waals surface area contributed by atoms with Gasteiger partial charge >= 0.3 is 0 Å². The average Bonchev–Trinajstić information content (AvgIpc) is 3.03. The normalized spacial score (nSPS) is 16.0. The molecular weight excluding hydrogens is 520 g/mol. The van der Waals surface area contributed by atoms with Gasteiger partial charge in [0.2, 0.25) is 5.91 Å². The topological polar surface area (TPSA) is 91.3 Å². The second-order valence-electron chi connectivity index (χ2n) is 10.4. The van der Waals surface area contributed by atoms with E-state index in [2.05, 4.69) is 39.1 Å². The number of rotatable bonds is 9. The van der Waals surface area contributed by atoms with Crippen LogP contribution < -0.4 is 9.64 Å². The molecule has 0 saturated carbocycles. The monoisotopic (exact) mass is 558 g/mol. The van der Waals surface area contributed by atoms with E-state index in [4.69, 9.17) is 9.47 Å². The minimum atomic E-state index is -0.156. The molecule has 5 rings (SSSR count). The van der Waals surface area contributed by atoms with Crippen LogP contribution in [0.4, 0.5) is 5.82 Å². The van der Waals surface area contributed by atoms with E-state index >= 15 is 0 Å². The zero-order chi connectivity index (χ0) is 28.6. The van der Waals surface area contributed by atoms with Gasteiger partial charge in [0.25, 0.3) is 5.91 Å². The summed E-state index contributed by atoms with van der Waals surface area (Å²) < 4.78 is 10.7. The number of hydrogen-bond donors (Lipinski definition) is 0. The summed E-state index contributed by atoms with van der Waals surface area (Å²) in [5.41, 5.74) is 3.61. The molecule has 0 aliphatic carbocycles. The number of anilines is 1. The van der Waals surface area contributed by atoms with E-state index in [-0.39, 0.29) is 18.4 Å². The lowest BCUT2D eigenvalue weighted by Crippen LogP contribution is -2.53. The highest BCUT2D eigenvalue weighted by Crippen LogP contribution is 2.20. The van der Waals surface area contributed by atoms with Gasteiger partial charge in [0.15, 0.2) is 5.82 Å². The van der Waals surface area contributed by atoms with E-state index < -0.39 is 0 Å². The fourth-order valence-electron chi connectivity index (χ4n) is 5.08. The molecule has 3 heterocycles. The lowest BCUT2D eigenvalue weighted by atomic mass is 10.1. The van der Waals surface area contributed by atoms with Crippen molar-refractivity contribution in [3.63, 3.8) is 0 Å². The van der Waals surface area contributed by atoms with E-state index in [1.54, 1.807) is 36.3 Å². The van der Waals surface area contributed by atoms with Gasteiger partial charge in [-0.25, -0.2) is 0 Å². The molecule has 216 valence electrons. The van der Waals surface area contributed by atoms with Crippen molar-refractivity contribution in [2.45, 2.75) is 6.92 Å². The summed E-state index contributed by atoms with van der Waals surface area (Å²) in [6.07, 6.45) is 0. The first-order valence-electron chi connectivity index (χ1n) is 14.2. The number of hydrogen-bond acceptors (Lipinski definition) is 8. The Morgan fingerprint density at radius 3 is 2.22 bits per heavy atom. The second kappa shape index (κ2) is 13.6. The van der Waals surface area contributed by atoms with Crippen LogP contribution in [0.15, 0.2) is 60.7 Å². The number of aromatic nitrogens is 2. The van der Waals surface area contributed by atoms with Crippen LogP contribution in [0.2, 0.25) is 0 Å². The number of morpholine rings is 1. The molecule has 0 radical (unpaired) electrons. The fraction of sp³-hybridized carbons (Fsp3) is 0.419. The Morgan fingerprint density at radius 1 is 0.878 bits per heavy atom. The van der Waals surface area contributed by atoms with Crippen molar-refractivity contribution in [2.24, 2.45) is 0 Å². The molecule has 2 aromatic carbocycles. The lowest BCUT2D eigenvalue weighted by molar-refractivity contribution is -0.132. The number of amides is 2. The molecule has 10 nitrogen and oxygen atoms in total. The first-order chi connectivity index (χ1) is 20.0. The van der Waals surface area contributed by atoms with Crippen molar-refractivity contribution in [1.82, 2.24) is 24.9 Å². The molecule has 2 aliphatic rings. The number of piperazine rings is 1. The summed E-state index contributed by atoms with van der Waals surface area (Å²) in [5.74, 6) is 1.28. The highest BCUT2D eigenvalue weighted by Gasteiger charge is 2.26. The van der Waals surface area contributed by atoms with Crippen LogP contribution in [-0.2, 0) is 9.53 Å². The van der Waals surface area contributed by atoms with Crippen molar-refractivity contribution < 1.29 is 19.1 Å². The molecule has 41 heavy (non-hydrogen) atoms. The third-order valence-corrected chi connectivity index (χ3v) is 7.69. The summed E-state index contributed by atoms with van der Waals surface area (Å²) in [6.45, 7) is 8.75. The van der Waals surface area contributed by atoms with E-state index in [9.17, 15) is 9.59 Å². The summed E-state index contributed by atoms with van der Waals surface area (Å²) in [5, 5.41) is 8.88. The van der Waals surface area contributed by atoms with Gasteiger partial charge in [-0.05, 0) is 43.3 Å². The number of methoxy groups -OCH3 is 1. The quantitative estimate of drug-likeness (QED) is 0.396. The molecule has 2 saturated heterocycles. The van der Waals surface area contributed by atoms with Gasteiger partial charge in [-0.2, -0.15) is 0 Å². The van der Waals surface area contributed by atoms with Crippen molar-refractivity contribution in [1.29, 1.82) is 0 Å². The van der Waals surface area contributed by atoms with Gasteiger partial charge in [-0.3, -0.25) is 14.5 Å². The molecule has 0 atom stereocenters. The molecule has 10 heteroatoms. The Hall–Kier alpha value is -4.02. The van der Waals surface area contributed by atoms with Crippen LogP contribution in [-0.4, -0.2) is 116 Å². The van der Waals surface area contributed by atoms with Gasteiger partial charge < -0.3 is 24.2 Å². The predicted octanol–water partition coefficient (Wildman–Crippen LogP) is 2.58. The first kappa shape index (κ1) is 28.5. The van der Waals surface area contributed by atoms with Crippen molar-refractivity contribution >= 4 is 17.6 Å². The number of nitrogens with zero attached hydrogens (tertiary/aromatic N) is 6. The maximum absolute atomic E-state index is 13.5. The molecule has 0 spiro atoms. The Kier molecular flexibility index (Phi) is 9.43. The van der Waals surface area contributed by atoms with Crippen LogP contribution in [0, 0.1) is 6.92 Å². The standard InChI is InChI=1S/C31H38N6O4/c1-24-3-5-25(6-4-24)28-11-12-29(33-32-28)35-15-17-36(18-16-35)30(38)23-37(14-13-34-19-21-41-22-20-34)31(39)26-7-9-27(40-2)10-8-26/h3-12H,13-23H2,1-2H3. The van der Waals surface area contributed by atoms with E-state index in [0.29, 0.717) is 63.8 Å². The SMILES string of the molecule is COc1ccc(C(=O)N(CCN2CCOCC2)CC(=O)N2CCN(c3ccc(-c4ccc(C)cc4)nn3)CC2)cc1. The zero-order valence-electron chi connectivity index (χ0n) is 23.9. The first-order valence-corrected chi connectivity index (χ1v) is 14.2. The molecule has 0 unspecified atom stereocenters. The number of ether oxygens (including phenoxy) is 2. The largest absolute Gasteiger partial charge is 0.497 e. The molecule has 2 fully saturated rings. The molecule has 1 aromatic heterocycles. The third-order valence-electron chi connectivity index (χ3n) is 7.69. The summed E-state index contributed by atoms with van der Waals surface area (Å²) >= 11 is 0. The van der Waals surface area contributed by atoms with Crippen molar-refractivity contribution in [2.75, 3.05) is 84.1 Å². The van der Waals surface area contributed by atoms with Crippen LogP contribution in [0.5, 0.6) is 5.75 Å². The van der Waals surface area contributed by atoms with Gasteiger partial charge in [0.1, 0.15) is 12.3 Å². The predicted molar refractivity (Wildman–Crippen MR) is 157 cm³/mol. The van der Waals surface area contributed by atoms with Gasteiger partial charge in [0, 0.05) is 63.5 Å². The molecule has 0 N–H and O–H groups in total.